The second-order valence-electron chi connectivity index (χ2n) is 11.5. The standard InChI is InChI=1S/C28H29ClF5N9O3/c1-41-20(18-11-43(12-21(30)31)40-23(18)28(32,33)34)8-36-24(41)26(45)37-13-2-3-15(19(29)6-13)25(44)39-22-16-9-42(10-17(16)22)27(46)38-14-4-5-35-7-14/h2-3,6,8,11,14,16-17,21-22,35H,4-5,7,9-10,12H2,1H3,(H,37,45)(H,38,46)(H,39,44)/t14-,16-,17+,22?/m0/s1. The molecule has 2 saturated heterocycles. The Morgan fingerprint density at radius 2 is 1.87 bits per heavy atom. The second kappa shape index (κ2) is 12.2. The van der Waals surface area contributed by atoms with Crippen LogP contribution in [0.25, 0.3) is 11.3 Å². The van der Waals surface area contributed by atoms with Crippen molar-refractivity contribution in [3.63, 3.8) is 0 Å². The minimum absolute atomic E-state index is 0.0501. The number of nitrogens with one attached hydrogen (secondary N) is 4. The number of alkyl halides is 5. The summed E-state index contributed by atoms with van der Waals surface area (Å²) in [5.41, 5.74) is -1.70. The number of amides is 4. The summed E-state index contributed by atoms with van der Waals surface area (Å²) in [5, 5.41) is 15.0. The number of aromatic nitrogens is 4. The maximum atomic E-state index is 13.6. The van der Waals surface area contributed by atoms with Gasteiger partial charge in [0.15, 0.2) is 11.5 Å². The smallest absolute Gasteiger partial charge is 0.349 e. The van der Waals surface area contributed by atoms with E-state index in [2.05, 4.69) is 31.3 Å². The lowest BCUT2D eigenvalue weighted by atomic mass is 10.2. The Morgan fingerprint density at radius 1 is 1.13 bits per heavy atom. The van der Waals surface area contributed by atoms with Crippen molar-refractivity contribution in [1.29, 1.82) is 0 Å². The van der Waals surface area contributed by atoms with Crippen LogP contribution < -0.4 is 21.3 Å². The molecule has 3 aliphatic rings. The number of carbonyl (C=O) groups is 3. The van der Waals surface area contributed by atoms with Crippen molar-refractivity contribution in [2.24, 2.45) is 18.9 Å². The first kappa shape index (κ1) is 31.7. The van der Waals surface area contributed by atoms with E-state index < -0.39 is 42.2 Å². The summed E-state index contributed by atoms with van der Waals surface area (Å²) in [6.07, 6.45) is -5.13. The van der Waals surface area contributed by atoms with Crippen LogP contribution >= 0.6 is 11.6 Å². The summed E-state index contributed by atoms with van der Waals surface area (Å²) in [6.45, 7) is 1.68. The molecule has 2 aromatic heterocycles. The van der Waals surface area contributed by atoms with Gasteiger partial charge in [-0.2, -0.15) is 18.3 Å². The van der Waals surface area contributed by atoms with Crippen LogP contribution in [0.3, 0.4) is 0 Å². The average Bonchev–Trinajstić information content (AvgIpc) is 3.58. The number of rotatable bonds is 8. The van der Waals surface area contributed by atoms with Crippen molar-refractivity contribution in [1.82, 2.24) is 40.2 Å². The maximum absolute atomic E-state index is 13.6. The monoisotopic (exact) mass is 669 g/mol. The normalized spacial score (nSPS) is 22.2. The van der Waals surface area contributed by atoms with Crippen LogP contribution in [0.1, 0.15) is 33.1 Å². The van der Waals surface area contributed by atoms with Crippen molar-refractivity contribution in [2.45, 2.75) is 37.7 Å². The molecule has 0 radical (unpaired) electrons. The summed E-state index contributed by atoms with van der Waals surface area (Å²) < 4.78 is 68.0. The number of nitrogens with zero attached hydrogens (tertiary/aromatic N) is 5. The van der Waals surface area contributed by atoms with E-state index in [0.717, 1.165) is 36.5 Å². The van der Waals surface area contributed by atoms with E-state index in [0.29, 0.717) is 17.8 Å². The summed E-state index contributed by atoms with van der Waals surface area (Å²) in [7, 11) is 1.30. The lowest BCUT2D eigenvalue weighted by molar-refractivity contribution is -0.141. The summed E-state index contributed by atoms with van der Waals surface area (Å²) >= 11 is 6.37. The molecular weight excluding hydrogens is 641 g/mol. The first-order valence-electron chi connectivity index (χ1n) is 14.4. The van der Waals surface area contributed by atoms with Crippen molar-refractivity contribution >= 4 is 35.1 Å². The number of hydrogen-bond acceptors (Lipinski definition) is 6. The largest absolute Gasteiger partial charge is 0.435 e. The molecule has 4 heterocycles. The molecule has 6 rings (SSSR count). The molecule has 3 aromatic rings. The fraction of sp³-hybridized carbons (Fsp3) is 0.464. The van der Waals surface area contributed by atoms with Gasteiger partial charge in [0.1, 0.15) is 6.54 Å². The van der Waals surface area contributed by atoms with Crippen molar-refractivity contribution < 1.29 is 36.3 Å². The molecular formula is C28H29ClF5N9O3. The SMILES string of the molecule is Cn1c(-c2cn(CC(F)F)nc2C(F)(F)F)cnc1C(=O)Nc1ccc(C(=O)NC2[C@H]3CN(C(=O)N[C@H]4CCNC4)C[C@@H]23)c(Cl)c1. The zero-order chi connectivity index (χ0) is 32.9. The summed E-state index contributed by atoms with van der Waals surface area (Å²) in [4.78, 5) is 44.1. The van der Waals surface area contributed by atoms with Gasteiger partial charge in [-0.3, -0.25) is 14.3 Å². The molecule has 0 spiro atoms. The molecule has 246 valence electrons. The van der Waals surface area contributed by atoms with Crippen LogP contribution in [0, 0.1) is 11.8 Å². The van der Waals surface area contributed by atoms with Gasteiger partial charge in [0.25, 0.3) is 18.2 Å². The zero-order valence-electron chi connectivity index (χ0n) is 24.2. The van der Waals surface area contributed by atoms with Crippen molar-refractivity contribution in [2.75, 3.05) is 31.5 Å². The molecule has 1 saturated carbocycles. The molecule has 18 heteroatoms. The van der Waals surface area contributed by atoms with Gasteiger partial charge in [-0.15, -0.1) is 0 Å². The Kier molecular flexibility index (Phi) is 8.39. The van der Waals surface area contributed by atoms with Gasteiger partial charge in [-0.25, -0.2) is 18.6 Å². The van der Waals surface area contributed by atoms with Gasteiger partial charge >= 0.3 is 12.2 Å². The minimum Gasteiger partial charge on any atom is -0.349 e. The summed E-state index contributed by atoms with van der Waals surface area (Å²) in [5.74, 6) is -1.16. The molecule has 1 aliphatic carbocycles. The van der Waals surface area contributed by atoms with E-state index in [9.17, 15) is 36.3 Å². The molecule has 1 unspecified atom stereocenters. The number of benzene rings is 1. The Balaban J connectivity index is 1.06. The Bertz CT molecular complexity index is 1660. The minimum atomic E-state index is -4.94. The van der Waals surface area contributed by atoms with E-state index in [1.807, 2.05) is 0 Å². The fourth-order valence-corrected chi connectivity index (χ4v) is 6.33. The van der Waals surface area contributed by atoms with E-state index >= 15 is 0 Å². The molecule has 3 fully saturated rings. The van der Waals surface area contributed by atoms with E-state index in [4.69, 9.17) is 11.6 Å². The maximum Gasteiger partial charge on any atom is 0.435 e. The van der Waals surface area contributed by atoms with Crippen LogP contribution in [0.2, 0.25) is 5.02 Å². The number of halogens is 6. The number of piperidine rings is 1. The Hall–Kier alpha value is -4.25. The highest BCUT2D eigenvalue weighted by Gasteiger charge is 2.57. The van der Waals surface area contributed by atoms with E-state index in [1.54, 1.807) is 4.90 Å². The third-order valence-corrected chi connectivity index (χ3v) is 8.77. The van der Waals surface area contributed by atoms with Gasteiger partial charge in [0.05, 0.1) is 28.0 Å². The number of hydrogen-bond donors (Lipinski definition) is 4. The van der Waals surface area contributed by atoms with Crippen molar-refractivity contribution in [3.8, 4) is 11.3 Å². The van der Waals surface area contributed by atoms with Crippen LogP contribution in [-0.2, 0) is 19.8 Å². The second-order valence-corrected chi connectivity index (χ2v) is 12.0. The number of likely N-dealkylation sites (tertiary alicyclic amines) is 1. The predicted molar refractivity (Wildman–Crippen MR) is 154 cm³/mol. The first-order chi connectivity index (χ1) is 21.8. The molecule has 2 aliphatic heterocycles. The molecule has 12 nitrogen and oxygen atoms in total. The third-order valence-electron chi connectivity index (χ3n) is 8.46. The van der Waals surface area contributed by atoms with Crippen LogP contribution in [0.5, 0.6) is 0 Å². The van der Waals surface area contributed by atoms with E-state index in [-0.39, 0.29) is 57.7 Å². The van der Waals surface area contributed by atoms with Crippen LogP contribution in [0.15, 0.2) is 30.6 Å². The van der Waals surface area contributed by atoms with Crippen LogP contribution in [-0.4, -0.2) is 86.8 Å². The quantitative estimate of drug-likeness (QED) is 0.272. The molecule has 1 aromatic carbocycles. The van der Waals surface area contributed by atoms with E-state index in [1.165, 1.54) is 25.2 Å². The number of fused-ring (bicyclic) bond motifs is 1. The molecule has 0 bridgehead atoms. The summed E-state index contributed by atoms with van der Waals surface area (Å²) in [6, 6.07) is 4.17. The zero-order valence-corrected chi connectivity index (χ0v) is 25.0. The lowest BCUT2D eigenvalue weighted by Crippen LogP contribution is -2.46. The Morgan fingerprint density at radius 3 is 2.50 bits per heavy atom. The van der Waals surface area contributed by atoms with Gasteiger partial charge in [0, 0.05) is 62.5 Å². The van der Waals surface area contributed by atoms with Crippen LogP contribution in [0.4, 0.5) is 32.4 Å². The van der Waals surface area contributed by atoms with Gasteiger partial charge in [-0.1, -0.05) is 11.6 Å². The Labute approximate surface area is 263 Å². The predicted octanol–water partition coefficient (Wildman–Crippen LogP) is 3.20. The number of carbonyl (C=O) groups excluding carboxylic acids is 3. The molecule has 4 N–H and O–H groups in total. The lowest BCUT2D eigenvalue weighted by Gasteiger charge is -2.23. The van der Waals surface area contributed by atoms with Gasteiger partial charge in [0.2, 0.25) is 0 Å². The third kappa shape index (κ3) is 6.38. The van der Waals surface area contributed by atoms with Crippen molar-refractivity contribution in [3.05, 3.63) is 52.7 Å². The topological polar surface area (TPSA) is 138 Å². The first-order valence-corrected chi connectivity index (χ1v) is 14.8. The highest BCUT2D eigenvalue weighted by Crippen LogP contribution is 2.45. The highest BCUT2D eigenvalue weighted by molar-refractivity contribution is 6.34. The van der Waals surface area contributed by atoms with Gasteiger partial charge in [-0.05, 0) is 31.2 Å². The molecule has 46 heavy (non-hydrogen) atoms. The van der Waals surface area contributed by atoms with Gasteiger partial charge < -0.3 is 30.7 Å². The molecule has 4 atom stereocenters. The average molecular weight is 670 g/mol. The number of anilines is 1. The number of imidazole rings is 1. The molecule has 4 amide bonds. The number of urea groups is 1. The highest BCUT2D eigenvalue weighted by atomic mass is 35.5. The fourth-order valence-electron chi connectivity index (χ4n) is 6.07.